The summed E-state index contributed by atoms with van der Waals surface area (Å²) < 4.78 is 15.9. The standard InChI is InChI=1S/C16H19NO6/c1-3-5-22-13-7-11(9-18)6-12-16(13)23-10-14(19)17(12)8-15(20)21-4-2/h6-7,9H,3-5,8,10H2,1-2H3. The molecule has 7 nitrogen and oxygen atoms in total. The Bertz CT molecular complexity index is 613. The van der Waals surface area contributed by atoms with Crippen LogP contribution in [0.1, 0.15) is 30.6 Å². The van der Waals surface area contributed by atoms with E-state index in [1.807, 2.05) is 6.92 Å². The Kier molecular flexibility index (Phi) is 5.56. The first kappa shape index (κ1) is 16.8. The zero-order valence-corrected chi connectivity index (χ0v) is 13.2. The summed E-state index contributed by atoms with van der Waals surface area (Å²) in [4.78, 5) is 36.2. The minimum atomic E-state index is -0.527. The van der Waals surface area contributed by atoms with Gasteiger partial charge in [-0.25, -0.2) is 0 Å². The van der Waals surface area contributed by atoms with Gasteiger partial charge in [0.2, 0.25) is 0 Å². The molecule has 0 aromatic heterocycles. The van der Waals surface area contributed by atoms with Crippen LogP contribution >= 0.6 is 0 Å². The Balaban J connectivity index is 2.40. The Morgan fingerprint density at radius 2 is 2.17 bits per heavy atom. The maximum Gasteiger partial charge on any atom is 0.326 e. The molecule has 1 aliphatic rings. The van der Waals surface area contributed by atoms with E-state index in [1.165, 1.54) is 11.0 Å². The number of anilines is 1. The number of benzene rings is 1. The molecule has 124 valence electrons. The molecule has 0 unspecified atom stereocenters. The van der Waals surface area contributed by atoms with Gasteiger partial charge in [-0.3, -0.25) is 19.3 Å². The van der Waals surface area contributed by atoms with Crippen molar-refractivity contribution in [2.24, 2.45) is 0 Å². The van der Waals surface area contributed by atoms with E-state index in [-0.39, 0.29) is 25.7 Å². The molecule has 0 radical (unpaired) electrons. The summed E-state index contributed by atoms with van der Waals surface area (Å²) in [5.41, 5.74) is 0.673. The van der Waals surface area contributed by atoms with Crippen LogP contribution in [0.3, 0.4) is 0 Å². The number of carbonyl (C=O) groups excluding carboxylic acids is 3. The molecule has 0 atom stereocenters. The van der Waals surface area contributed by atoms with Gasteiger partial charge >= 0.3 is 5.97 Å². The summed E-state index contributed by atoms with van der Waals surface area (Å²) >= 11 is 0. The van der Waals surface area contributed by atoms with Crippen LogP contribution in [-0.4, -0.2) is 44.5 Å². The maximum absolute atomic E-state index is 12.1. The second-order valence-corrected chi connectivity index (χ2v) is 4.91. The summed E-state index contributed by atoms with van der Waals surface area (Å²) in [6, 6.07) is 3.05. The van der Waals surface area contributed by atoms with E-state index in [4.69, 9.17) is 14.2 Å². The molecule has 7 heteroatoms. The van der Waals surface area contributed by atoms with E-state index >= 15 is 0 Å². The number of hydrogen-bond donors (Lipinski definition) is 0. The van der Waals surface area contributed by atoms with Crippen molar-refractivity contribution in [2.45, 2.75) is 20.3 Å². The Labute approximate surface area is 134 Å². The topological polar surface area (TPSA) is 82.1 Å². The number of aldehydes is 1. The smallest absolute Gasteiger partial charge is 0.326 e. The second kappa shape index (κ2) is 7.62. The van der Waals surface area contributed by atoms with Gasteiger partial charge in [0.15, 0.2) is 18.1 Å². The summed E-state index contributed by atoms with van der Waals surface area (Å²) in [6.07, 6.45) is 1.44. The van der Waals surface area contributed by atoms with Gasteiger partial charge in [-0.15, -0.1) is 0 Å². The van der Waals surface area contributed by atoms with Crippen LogP contribution in [0.4, 0.5) is 5.69 Å². The lowest BCUT2D eigenvalue weighted by Crippen LogP contribution is -2.42. The lowest BCUT2D eigenvalue weighted by molar-refractivity contribution is -0.142. The van der Waals surface area contributed by atoms with E-state index in [1.54, 1.807) is 13.0 Å². The highest BCUT2D eigenvalue weighted by Crippen LogP contribution is 2.41. The average Bonchev–Trinajstić information content (AvgIpc) is 2.55. The first-order valence-electron chi connectivity index (χ1n) is 7.45. The van der Waals surface area contributed by atoms with Gasteiger partial charge in [0.1, 0.15) is 12.8 Å². The summed E-state index contributed by atoms with van der Waals surface area (Å²) in [5.74, 6) is -0.169. The fourth-order valence-electron chi connectivity index (χ4n) is 2.20. The first-order chi connectivity index (χ1) is 11.1. The van der Waals surface area contributed by atoms with Crippen LogP contribution < -0.4 is 14.4 Å². The second-order valence-electron chi connectivity index (χ2n) is 4.91. The van der Waals surface area contributed by atoms with E-state index in [2.05, 4.69) is 0 Å². The fourth-order valence-corrected chi connectivity index (χ4v) is 2.20. The molecule has 1 heterocycles. The lowest BCUT2D eigenvalue weighted by atomic mass is 10.1. The molecule has 23 heavy (non-hydrogen) atoms. The summed E-state index contributed by atoms with van der Waals surface area (Å²) in [5, 5.41) is 0. The van der Waals surface area contributed by atoms with E-state index in [0.29, 0.717) is 35.6 Å². The highest BCUT2D eigenvalue weighted by atomic mass is 16.5. The van der Waals surface area contributed by atoms with Crippen LogP contribution in [0, 0.1) is 0 Å². The number of carbonyl (C=O) groups is 3. The number of fused-ring (bicyclic) bond motifs is 1. The van der Waals surface area contributed by atoms with E-state index in [9.17, 15) is 14.4 Å². The van der Waals surface area contributed by atoms with Crippen molar-refractivity contribution in [1.29, 1.82) is 0 Å². The molecule has 1 aromatic carbocycles. The lowest BCUT2D eigenvalue weighted by Gasteiger charge is -2.30. The van der Waals surface area contributed by atoms with E-state index in [0.717, 1.165) is 6.42 Å². The molecule has 0 saturated heterocycles. The molecule has 1 aliphatic heterocycles. The molecular weight excluding hydrogens is 302 g/mol. The molecule has 0 fully saturated rings. The third-order valence-corrected chi connectivity index (χ3v) is 3.18. The molecule has 1 aromatic rings. The van der Waals surface area contributed by atoms with E-state index < -0.39 is 5.97 Å². The number of ether oxygens (including phenoxy) is 3. The van der Waals surface area contributed by atoms with Crippen LogP contribution in [0.2, 0.25) is 0 Å². The molecular formula is C16H19NO6. The molecule has 2 rings (SSSR count). The van der Waals surface area contributed by atoms with Gasteiger partial charge in [-0.1, -0.05) is 6.92 Å². The van der Waals surface area contributed by atoms with Crippen molar-refractivity contribution in [3.8, 4) is 11.5 Å². The predicted molar refractivity (Wildman–Crippen MR) is 82.1 cm³/mol. The summed E-state index contributed by atoms with van der Waals surface area (Å²) in [6.45, 7) is 3.88. The average molecular weight is 321 g/mol. The Morgan fingerprint density at radius 1 is 1.39 bits per heavy atom. The van der Waals surface area contributed by atoms with Gasteiger partial charge < -0.3 is 14.2 Å². The third kappa shape index (κ3) is 3.80. The van der Waals surface area contributed by atoms with Gasteiger partial charge in [-0.05, 0) is 25.5 Å². The van der Waals surface area contributed by atoms with Crippen LogP contribution in [0.5, 0.6) is 11.5 Å². The number of amides is 1. The Morgan fingerprint density at radius 3 is 2.83 bits per heavy atom. The van der Waals surface area contributed by atoms with Crippen molar-refractivity contribution in [3.05, 3.63) is 17.7 Å². The highest BCUT2D eigenvalue weighted by molar-refractivity contribution is 6.02. The number of nitrogens with zero attached hydrogens (tertiary/aromatic N) is 1. The monoisotopic (exact) mass is 321 g/mol. The van der Waals surface area contributed by atoms with Gasteiger partial charge in [0.25, 0.3) is 5.91 Å². The van der Waals surface area contributed by atoms with Crippen molar-refractivity contribution in [3.63, 3.8) is 0 Å². The number of hydrogen-bond acceptors (Lipinski definition) is 6. The van der Waals surface area contributed by atoms with Gasteiger partial charge in [0, 0.05) is 5.56 Å². The Hall–Kier alpha value is -2.57. The third-order valence-electron chi connectivity index (χ3n) is 3.18. The van der Waals surface area contributed by atoms with Crippen LogP contribution in [0.25, 0.3) is 0 Å². The normalized spacial score (nSPS) is 13.1. The molecule has 0 bridgehead atoms. The number of esters is 1. The van der Waals surface area contributed by atoms with Crippen molar-refractivity contribution in [2.75, 3.05) is 31.3 Å². The molecule has 1 amide bonds. The minimum Gasteiger partial charge on any atom is -0.490 e. The van der Waals surface area contributed by atoms with Crippen LogP contribution in [0.15, 0.2) is 12.1 Å². The van der Waals surface area contributed by atoms with Gasteiger partial charge in [0.05, 0.1) is 18.9 Å². The largest absolute Gasteiger partial charge is 0.490 e. The van der Waals surface area contributed by atoms with Gasteiger partial charge in [-0.2, -0.15) is 0 Å². The van der Waals surface area contributed by atoms with Crippen molar-refractivity contribution in [1.82, 2.24) is 0 Å². The minimum absolute atomic E-state index is 0.199. The highest BCUT2D eigenvalue weighted by Gasteiger charge is 2.30. The van der Waals surface area contributed by atoms with Crippen molar-refractivity contribution < 1.29 is 28.6 Å². The predicted octanol–water partition coefficient (Wildman–Crippen LogP) is 1.58. The zero-order valence-electron chi connectivity index (χ0n) is 13.2. The number of rotatable bonds is 7. The quantitative estimate of drug-likeness (QED) is 0.560. The molecule has 0 saturated carbocycles. The SMILES string of the molecule is CCCOc1cc(C=O)cc2c1OCC(=O)N2CC(=O)OCC. The molecule has 0 N–H and O–H groups in total. The molecule has 0 aliphatic carbocycles. The van der Waals surface area contributed by atoms with Crippen molar-refractivity contribution >= 4 is 23.9 Å². The zero-order chi connectivity index (χ0) is 16.8. The first-order valence-corrected chi connectivity index (χ1v) is 7.45. The fraction of sp³-hybridized carbons (Fsp3) is 0.438. The molecule has 0 spiro atoms. The summed E-state index contributed by atoms with van der Waals surface area (Å²) in [7, 11) is 0. The van der Waals surface area contributed by atoms with Crippen LogP contribution in [-0.2, 0) is 14.3 Å². The maximum atomic E-state index is 12.1.